The number of halogens is 1. The first-order valence-electron chi connectivity index (χ1n) is 9.13. The molecule has 5 nitrogen and oxygen atoms in total. The molecule has 1 N–H and O–H groups in total. The average Bonchev–Trinajstić information content (AvgIpc) is 3.49. The molecule has 4 rings (SSSR count). The van der Waals surface area contributed by atoms with Crippen molar-refractivity contribution in [3.63, 3.8) is 0 Å². The molecule has 2 aliphatic rings. The highest BCUT2D eigenvalue weighted by Crippen LogP contribution is 2.32. The van der Waals surface area contributed by atoms with Gasteiger partial charge in [-0.05, 0) is 55.7 Å². The van der Waals surface area contributed by atoms with Crippen LogP contribution in [0.2, 0.25) is 5.02 Å². The molecule has 0 spiro atoms. The summed E-state index contributed by atoms with van der Waals surface area (Å²) < 4.78 is 5.85. The second-order valence-electron chi connectivity index (χ2n) is 7.17. The van der Waals surface area contributed by atoms with Crippen molar-refractivity contribution in [3.05, 3.63) is 58.6 Å². The van der Waals surface area contributed by atoms with Crippen molar-refractivity contribution in [1.82, 2.24) is 4.90 Å². The van der Waals surface area contributed by atoms with Crippen LogP contribution in [0, 0.1) is 5.92 Å². The van der Waals surface area contributed by atoms with Gasteiger partial charge >= 0.3 is 0 Å². The van der Waals surface area contributed by atoms with Crippen LogP contribution in [-0.2, 0) is 22.7 Å². The zero-order valence-corrected chi connectivity index (χ0v) is 15.8. The van der Waals surface area contributed by atoms with Crippen molar-refractivity contribution in [2.75, 3.05) is 5.32 Å². The number of carbonyl (C=O) groups excluding carboxylic acids is 2. The van der Waals surface area contributed by atoms with Gasteiger partial charge in [-0.3, -0.25) is 9.59 Å². The van der Waals surface area contributed by atoms with E-state index in [0.29, 0.717) is 23.9 Å². The highest BCUT2D eigenvalue weighted by Gasteiger charge is 2.31. The van der Waals surface area contributed by atoms with Crippen LogP contribution in [0.1, 0.15) is 30.9 Å². The molecule has 1 aliphatic heterocycles. The fraction of sp³-hybridized carbons (Fsp3) is 0.333. The maximum atomic E-state index is 12.8. The van der Waals surface area contributed by atoms with Crippen LogP contribution in [0.5, 0.6) is 5.75 Å². The van der Waals surface area contributed by atoms with Gasteiger partial charge in [0, 0.05) is 35.3 Å². The number of nitrogens with one attached hydrogen (secondary N) is 1. The standard InChI is InChI=1S/C21H21ClN2O3/c1-13-21(26)24(11-14-2-6-17(22)7-3-14)12-16-10-18(8-9-19(16)27-13)23-20(25)15-4-5-15/h2-3,6-10,13,15H,4-5,11-12H2,1H3,(H,23,25). The Labute approximate surface area is 163 Å². The fourth-order valence-electron chi connectivity index (χ4n) is 3.21. The molecule has 6 heteroatoms. The summed E-state index contributed by atoms with van der Waals surface area (Å²) in [6.45, 7) is 2.66. The molecule has 0 aromatic heterocycles. The second kappa shape index (κ2) is 7.24. The van der Waals surface area contributed by atoms with E-state index < -0.39 is 6.10 Å². The van der Waals surface area contributed by atoms with Crippen LogP contribution in [0.25, 0.3) is 0 Å². The number of fused-ring (bicyclic) bond motifs is 1. The lowest BCUT2D eigenvalue weighted by atomic mass is 10.1. The van der Waals surface area contributed by atoms with Gasteiger partial charge in [0.2, 0.25) is 5.91 Å². The third-order valence-corrected chi connectivity index (χ3v) is 5.14. The second-order valence-corrected chi connectivity index (χ2v) is 7.60. The molecule has 1 atom stereocenters. The van der Waals surface area contributed by atoms with Gasteiger partial charge in [-0.15, -0.1) is 0 Å². The summed E-state index contributed by atoms with van der Waals surface area (Å²) in [5.74, 6) is 0.818. The minimum absolute atomic E-state index is 0.0620. The van der Waals surface area contributed by atoms with E-state index in [4.69, 9.17) is 16.3 Å². The van der Waals surface area contributed by atoms with Crippen LogP contribution in [0.15, 0.2) is 42.5 Å². The molecule has 140 valence electrons. The van der Waals surface area contributed by atoms with Crippen molar-refractivity contribution >= 4 is 29.1 Å². The molecule has 1 fully saturated rings. The number of hydrogen-bond acceptors (Lipinski definition) is 3. The van der Waals surface area contributed by atoms with E-state index in [1.54, 1.807) is 11.8 Å². The quantitative estimate of drug-likeness (QED) is 0.866. The number of ether oxygens (including phenoxy) is 1. The molecule has 0 saturated heterocycles. The zero-order valence-electron chi connectivity index (χ0n) is 15.1. The Bertz CT molecular complexity index is 877. The van der Waals surface area contributed by atoms with Crippen LogP contribution in [0.3, 0.4) is 0 Å². The van der Waals surface area contributed by atoms with Crippen LogP contribution in [0.4, 0.5) is 5.69 Å². The highest BCUT2D eigenvalue weighted by molar-refractivity contribution is 6.30. The Hall–Kier alpha value is -2.53. The van der Waals surface area contributed by atoms with E-state index in [9.17, 15) is 9.59 Å². The fourth-order valence-corrected chi connectivity index (χ4v) is 3.34. The Morgan fingerprint density at radius 1 is 1.22 bits per heavy atom. The largest absolute Gasteiger partial charge is 0.481 e. The molecule has 2 aromatic rings. The summed E-state index contributed by atoms with van der Waals surface area (Å²) in [5.41, 5.74) is 2.62. The van der Waals surface area contributed by atoms with Gasteiger partial charge in [0.1, 0.15) is 5.75 Å². The van der Waals surface area contributed by atoms with Gasteiger partial charge in [0.25, 0.3) is 5.91 Å². The van der Waals surface area contributed by atoms with Gasteiger partial charge < -0.3 is 15.0 Å². The molecule has 2 aromatic carbocycles. The van der Waals surface area contributed by atoms with Crippen molar-refractivity contribution in [2.45, 2.75) is 39.0 Å². The Morgan fingerprint density at radius 2 is 1.96 bits per heavy atom. The number of carbonyl (C=O) groups is 2. The lowest BCUT2D eigenvalue weighted by Crippen LogP contribution is -2.37. The molecular weight excluding hydrogens is 364 g/mol. The molecular formula is C21H21ClN2O3. The SMILES string of the molecule is CC1Oc2ccc(NC(=O)C3CC3)cc2CN(Cc2ccc(Cl)cc2)C1=O. The molecule has 1 aliphatic carbocycles. The summed E-state index contributed by atoms with van der Waals surface area (Å²) >= 11 is 5.95. The van der Waals surface area contributed by atoms with E-state index in [1.165, 1.54) is 0 Å². The lowest BCUT2D eigenvalue weighted by Gasteiger charge is -2.22. The predicted octanol–water partition coefficient (Wildman–Crippen LogP) is 4.00. The number of anilines is 1. The normalized spacial score (nSPS) is 19.1. The van der Waals surface area contributed by atoms with Gasteiger partial charge in [0.05, 0.1) is 0 Å². The number of nitrogens with zero attached hydrogens (tertiary/aromatic N) is 1. The number of rotatable bonds is 4. The summed E-state index contributed by atoms with van der Waals surface area (Å²) in [7, 11) is 0. The van der Waals surface area contributed by atoms with Crippen molar-refractivity contribution in [2.24, 2.45) is 5.92 Å². The maximum Gasteiger partial charge on any atom is 0.263 e. The predicted molar refractivity (Wildman–Crippen MR) is 104 cm³/mol. The first kappa shape index (κ1) is 17.9. The van der Waals surface area contributed by atoms with Crippen molar-refractivity contribution in [3.8, 4) is 5.75 Å². The van der Waals surface area contributed by atoms with E-state index in [0.717, 1.165) is 29.7 Å². The number of hydrogen-bond donors (Lipinski definition) is 1. The summed E-state index contributed by atoms with van der Waals surface area (Å²) in [5, 5.41) is 3.62. The topological polar surface area (TPSA) is 58.6 Å². The molecule has 0 radical (unpaired) electrons. The van der Waals surface area contributed by atoms with E-state index >= 15 is 0 Å². The van der Waals surface area contributed by atoms with Gasteiger partial charge in [0.15, 0.2) is 6.10 Å². The van der Waals surface area contributed by atoms with Crippen LogP contribution < -0.4 is 10.1 Å². The summed E-state index contributed by atoms with van der Waals surface area (Å²) in [6.07, 6.45) is 1.35. The lowest BCUT2D eigenvalue weighted by molar-refractivity contribution is -0.138. The molecule has 0 bridgehead atoms. The smallest absolute Gasteiger partial charge is 0.263 e. The summed E-state index contributed by atoms with van der Waals surface area (Å²) in [6, 6.07) is 13.0. The van der Waals surface area contributed by atoms with Crippen molar-refractivity contribution < 1.29 is 14.3 Å². The third kappa shape index (κ3) is 4.08. The Morgan fingerprint density at radius 3 is 2.67 bits per heavy atom. The molecule has 1 heterocycles. The first-order chi connectivity index (χ1) is 13.0. The van der Waals surface area contributed by atoms with Gasteiger partial charge in [-0.2, -0.15) is 0 Å². The highest BCUT2D eigenvalue weighted by atomic mass is 35.5. The van der Waals surface area contributed by atoms with Crippen LogP contribution >= 0.6 is 11.6 Å². The molecule has 2 amide bonds. The monoisotopic (exact) mass is 384 g/mol. The number of amides is 2. The molecule has 1 unspecified atom stereocenters. The van der Waals surface area contributed by atoms with E-state index in [2.05, 4.69) is 5.32 Å². The van der Waals surface area contributed by atoms with Gasteiger partial charge in [-0.1, -0.05) is 23.7 Å². The Balaban J connectivity index is 1.56. The number of benzene rings is 2. The van der Waals surface area contributed by atoms with Gasteiger partial charge in [-0.25, -0.2) is 0 Å². The van der Waals surface area contributed by atoms with E-state index in [-0.39, 0.29) is 17.7 Å². The van der Waals surface area contributed by atoms with Crippen molar-refractivity contribution in [1.29, 1.82) is 0 Å². The molecule has 27 heavy (non-hydrogen) atoms. The van der Waals surface area contributed by atoms with E-state index in [1.807, 2.05) is 42.5 Å². The average molecular weight is 385 g/mol. The first-order valence-corrected chi connectivity index (χ1v) is 9.51. The third-order valence-electron chi connectivity index (χ3n) is 4.89. The zero-order chi connectivity index (χ0) is 19.0. The Kier molecular flexibility index (Phi) is 4.79. The summed E-state index contributed by atoms with van der Waals surface area (Å²) in [4.78, 5) is 26.6. The minimum atomic E-state index is -0.564. The molecule has 1 saturated carbocycles. The minimum Gasteiger partial charge on any atom is -0.481 e. The van der Waals surface area contributed by atoms with Crippen LogP contribution in [-0.4, -0.2) is 22.8 Å². The maximum absolute atomic E-state index is 12.8.